The Morgan fingerprint density at radius 2 is 1.85 bits per heavy atom. The number of rotatable bonds is 10. The van der Waals surface area contributed by atoms with E-state index < -0.39 is 17.1 Å². The van der Waals surface area contributed by atoms with Crippen molar-refractivity contribution in [3.05, 3.63) is 96.1 Å². The Balaban J connectivity index is 1.67. The molecule has 7 heteroatoms. The third kappa shape index (κ3) is 6.03. The Morgan fingerprint density at radius 1 is 1.12 bits per heavy atom. The molecule has 0 aromatic heterocycles. The van der Waals surface area contributed by atoms with Gasteiger partial charge in [0.1, 0.15) is 11.6 Å². The van der Waals surface area contributed by atoms with Crippen LogP contribution in [0, 0.1) is 12.1 Å². The zero-order chi connectivity index (χ0) is 29.1. The van der Waals surface area contributed by atoms with E-state index in [1.165, 1.54) is 15.9 Å². The summed E-state index contributed by atoms with van der Waals surface area (Å²) in [5, 5.41) is 4.90. The first-order valence-corrected chi connectivity index (χ1v) is 13.6. The summed E-state index contributed by atoms with van der Waals surface area (Å²) in [6, 6.07) is 24.8. The van der Waals surface area contributed by atoms with Gasteiger partial charge in [-0.3, -0.25) is 14.4 Å². The molecule has 1 fully saturated rings. The first-order valence-electron chi connectivity index (χ1n) is 13.6. The lowest BCUT2D eigenvalue weighted by Gasteiger charge is -2.35. The Labute approximate surface area is 237 Å². The van der Waals surface area contributed by atoms with Gasteiger partial charge < -0.3 is 20.9 Å². The minimum Gasteiger partial charge on any atom is -0.357 e. The Kier molecular flexibility index (Phi) is 8.32. The monoisotopic (exact) mass is 538 g/mol. The highest BCUT2D eigenvalue weighted by atomic mass is 16.2. The molecule has 40 heavy (non-hydrogen) atoms. The maximum atomic E-state index is 14.3. The maximum absolute atomic E-state index is 14.3. The van der Waals surface area contributed by atoms with Gasteiger partial charge in [-0.1, -0.05) is 66.7 Å². The predicted octanol–water partition coefficient (Wildman–Crippen LogP) is 3.62. The molecule has 0 aliphatic heterocycles. The Hall–Kier alpha value is -4.15. The number of amides is 3. The Morgan fingerprint density at radius 3 is 2.50 bits per heavy atom. The molecule has 1 saturated carbocycles. The number of hydrogen-bond acceptors (Lipinski definition) is 4. The van der Waals surface area contributed by atoms with Crippen molar-refractivity contribution in [3.8, 4) is 0 Å². The van der Waals surface area contributed by atoms with Crippen molar-refractivity contribution in [1.82, 2.24) is 15.1 Å². The molecule has 1 aliphatic rings. The predicted molar refractivity (Wildman–Crippen MR) is 157 cm³/mol. The summed E-state index contributed by atoms with van der Waals surface area (Å²) < 4.78 is 0. The number of likely N-dealkylation sites (N-methyl/N-ethyl adjacent to an activating group) is 3. The number of benzene rings is 2. The van der Waals surface area contributed by atoms with Crippen LogP contribution in [0.1, 0.15) is 43.7 Å². The molecule has 3 N–H and O–H groups in total. The van der Waals surface area contributed by atoms with Crippen LogP contribution in [0.5, 0.6) is 0 Å². The number of nitrogens with zero attached hydrogens (tertiary/aromatic N) is 2. The molecule has 7 nitrogen and oxygen atoms in total. The molecule has 0 spiro atoms. The molecule has 0 unspecified atom stereocenters. The van der Waals surface area contributed by atoms with Gasteiger partial charge in [0.15, 0.2) is 0 Å². The molecule has 3 aromatic rings. The van der Waals surface area contributed by atoms with E-state index in [1.54, 1.807) is 33.3 Å². The fourth-order valence-corrected chi connectivity index (χ4v) is 5.31. The van der Waals surface area contributed by atoms with E-state index in [4.69, 9.17) is 5.73 Å². The van der Waals surface area contributed by atoms with Crippen LogP contribution < -0.4 is 11.1 Å². The second kappa shape index (κ2) is 11.5. The summed E-state index contributed by atoms with van der Waals surface area (Å²) in [7, 11) is 4.86. The van der Waals surface area contributed by atoms with E-state index in [1.807, 2.05) is 68.4 Å². The number of carbonyl (C=O) groups is 3. The third-order valence-corrected chi connectivity index (χ3v) is 7.78. The van der Waals surface area contributed by atoms with Crippen molar-refractivity contribution in [1.29, 1.82) is 0 Å². The lowest BCUT2D eigenvalue weighted by atomic mass is 9.98. The quantitative estimate of drug-likeness (QED) is 0.386. The number of nitrogens with two attached hydrogens (primary N) is 1. The molecule has 0 bridgehead atoms. The van der Waals surface area contributed by atoms with Crippen molar-refractivity contribution in [3.63, 3.8) is 0 Å². The normalized spacial score (nSPS) is 19.1. The molecule has 3 atom stereocenters. The SMILES string of the molecule is CNC(=O)[C@@]1(N(C)C(=O)[C@@H](Cc2ccc3ccccc3c2)N(C)C(=O)/C=C/CC(C)(C)N)C[C@H]1c1c#cccc1. The van der Waals surface area contributed by atoms with Crippen molar-refractivity contribution >= 4 is 28.5 Å². The molecule has 0 saturated heterocycles. The Bertz CT molecular complexity index is 1410. The highest BCUT2D eigenvalue weighted by Gasteiger charge is 2.65. The van der Waals surface area contributed by atoms with E-state index >= 15 is 0 Å². The van der Waals surface area contributed by atoms with Gasteiger partial charge in [-0.25, -0.2) is 0 Å². The van der Waals surface area contributed by atoms with Crippen molar-refractivity contribution < 1.29 is 14.4 Å². The lowest BCUT2D eigenvalue weighted by Crippen LogP contribution is -2.57. The molecule has 3 amide bonds. The number of hydrogen-bond donors (Lipinski definition) is 2. The van der Waals surface area contributed by atoms with E-state index in [0.717, 1.165) is 21.9 Å². The smallest absolute Gasteiger partial charge is 0.246 e. The maximum Gasteiger partial charge on any atom is 0.246 e. The number of nitrogens with one attached hydrogen (secondary N) is 1. The van der Waals surface area contributed by atoms with Crippen LogP contribution in [0.3, 0.4) is 0 Å². The summed E-state index contributed by atoms with van der Waals surface area (Å²) >= 11 is 0. The third-order valence-electron chi connectivity index (χ3n) is 7.78. The van der Waals surface area contributed by atoms with Gasteiger partial charge in [0.2, 0.25) is 17.7 Å². The fraction of sp³-hybridized carbons (Fsp3) is 0.364. The summed E-state index contributed by atoms with van der Waals surface area (Å²) in [5.41, 5.74) is 6.30. The first kappa shape index (κ1) is 28.8. The summed E-state index contributed by atoms with van der Waals surface area (Å²) in [4.78, 5) is 43.8. The van der Waals surface area contributed by atoms with Crippen LogP contribution in [0.15, 0.2) is 72.8 Å². The average Bonchev–Trinajstić information content (AvgIpc) is 3.71. The number of carbonyl (C=O) groups excluding carboxylic acids is 3. The second-order valence-corrected chi connectivity index (χ2v) is 11.4. The van der Waals surface area contributed by atoms with Crippen molar-refractivity contribution in [2.24, 2.45) is 5.73 Å². The van der Waals surface area contributed by atoms with Gasteiger partial charge in [-0.2, -0.15) is 0 Å². The minimum absolute atomic E-state index is 0.215. The standard InChI is InChI=1S/C33H38N4O3/c1-32(2,34)19-11-16-29(38)36(4)28(21-23-17-18-24-12-9-10-15-26(24)20-23)30(39)37(5)33(31(40)35-3)22-27(33)25-13-7-6-8-14-25/h6-7,9-13,15-18,20,27-28H,19,21-22,34H2,1-5H3,(H,35,40)/b16-11+/t27-,28+,33+/m0/s1. The van der Waals surface area contributed by atoms with Gasteiger partial charge in [0.25, 0.3) is 0 Å². The molecule has 4 rings (SSSR count). The molecule has 0 heterocycles. The van der Waals surface area contributed by atoms with Gasteiger partial charge in [-0.05, 0) is 61.2 Å². The summed E-state index contributed by atoms with van der Waals surface area (Å²) in [6.45, 7) is 3.78. The zero-order valence-electron chi connectivity index (χ0n) is 23.9. The summed E-state index contributed by atoms with van der Waals surface area (Å²) in [5.74, 6) is -1.06. The van der Waals surface area contributed by atoms with E-state index in [2.05, 4.69) is 17.4 Å². The molecule has 1 aliphatic carbocycles. The molecule has 208 valence electrons. The average molecular weight is 539 g/mol. The molecular formula is C33H38N4O3. The van der Waals surface area contributed by atoms with Crippen LogP contribution in [0.2, 0.25) is 0 Å². The van der Waals surface area contributed by atoms with Gasteiger partial charge in [0.05, 0.1) is 0 Å². The molecular weight excluding hydrogens is 500 g/mol. The van der Waals surface area contributed by atoms with Gasteiger partial charge >= 0.3 is 0 Å². The van der Waals surface area contributed by atoms with Gasteiger partial charge in [0, 0.05) is 44.6 Å². The fourth-order valence-electron chi connectivity index (χ4n) is 5.31. The van der Waals surface area contributed by atoms with Crippen LogP contribution in [0.4, 0.5) is 0 Å². The molecule has 0 radical (unpaired) electrons. The van der Waals surface area contributed by atoms with Crippen molar-refractivity contribution in [2.75, 3.05) is 21.1 Å². The van der Waals surface area contributed by atoms with Crippen LogP contribution in [-0.2, 0) is 20.8 Å². The lowest BCUT2D eigenvalue weighted by molar-refractivity contribution is -0.147. The highest BCUT2D eigenvalue weighted by Crippen LogP contribution is 2.55. The van der Waals surface area contributed by atoms with Crippen LogP contribution in [0.25, 0.3) is 10.8 Å². The van der Waals surface area contributed by atoms with Crippen molar-refractivity contribution in [2.45, 2.75) is 56.1 Å². The van der Waals surface area contributed by atoms with E-state index in [-0.39, 0.29) is 23.6 Å². The second-order valence-electron chi connectivity index (χ2n) is 11.4. The largest absolute Gasteiger partial charge is 0.357 e. The topological polar surface area (TPSA) is 95.7 Å². The summed E-state index contributed by atoms with van der Waals surface area (Å²) in [6.07, 6.45) is 4.49. The van der Waals surface area contributed by atoms with Crippen LogP contribution >= 0.6 is 0 Å². The highest BCUT2D eigenvalue weighted by molar-refractivity contribution is 5.99. The number of fused-ring (bicyclic) bond motifs is 1. The van der Waals surface area contributed by atoms with Crippen LogP contribution in [-0.4, -0.2) is 65.8 Å². The molecule has 3 aromatic carbocycles. The minimum atomic E-state index is -1.07. The zero-order valence-corrected chi connectivity index (χ0v) is 23.9. The van der Waals surface area contributed by atoms with E-state index in [0.29, 0.717) is 19.3 Å². The first-order chi connectivity index (χ1) is 19.0. The van der Waals surface area contributed by atoms with Gasteiger partial charge in [-0.15, -0.1) is 0 Å². The van der Waals surface area contributed by atoms with E-state index in [9.17, 15) is 14.4 Å².